The van der Waals surface area contributed by atoms with Gasteiger partial charge >= 0.3 is 0 Å². The molecule has 1 N–H and O–H groups in total. The minimum atomic E-state index is -3.40. The smallest absolute Gasteiger partial charge is 0.240 e. The topological polar surface area (TPSA) is 81.6 Å². The van der Waals surface area contributed by atoms with Crippen LogP contribution in [0.4, 0.5) is 0 Å². The van der Waals surface area contributed by atoms with Crippen LogP contribution in [0.5, 0.6) is 0 Å². The average molecular weight is 213 g/mol. The van der Waals surface area contributed by atoms with Gasteiger partial charge in [-0.05, 0) is 24.7 Å². The Morgan fingerprint density at radius 3 is 2.36 bits per heavy atom. The van der Waals surface area contributed by atoms with Crippen molar-refractivity contribution in [2.45, 2.75) is 4.90 Å². The summed E-state index contributed by atoms with van der Waals surface area (Å²) in [6, 6.07) is 5.82. The molecule has 0 spiro atoms. The summed E-state index contributed by atoms with van der Waals surface area (Å²) < 4.78 is 24.7. The Morgan fingerprint density at radius 1 is 1.36 bits per heavy atom. The lowest BCUT2D eigenvalue weighted by atomic mass is 10.2. The number of nitrogens with zero attached hydrogens (tertiary/aromatic N) is 1. The number of sulfonamides is 1. The minimum Gasteiger partial charge on any atom is -0.792 e. The van der Waals surface area contributed by atoms with E-state index >= 15 is 0 Å². The van der Waals surface area contributed by atoms with Gasteiger partial charge in [0.1, 0.15) is 0 Å². The van der Waals surface area contributed by atoms with Crippen LogP contribution in [0.1, 0.15) is 5.56 Å². The van der Waals surface area contributed by atoms with Gasteiger partial charge in [-0.2, -0.15) is 0 Å². The molecule has 0 heterocycles. The molecule has 0 fully saturated rings. The third kappa shape index (κ3) is 2.30. The van der Waals surface area contributed by atoms with E-state index in [9.17, 15) is 13.6 Å². The minimum absolute atomic E-state index is 0.156. The maximum absolute atomic E-state index is 11.3. The van der Waals surface area contributed by atoms with E-state index < -0.39 is 10.0 Å². The second-order valence-corrected chi connectivity index (χ2v) is 4.40. The van der Waals surface area contributed by atoms with Gasteiger partial charge in [0, 0.05) is 6.21 Å². The molecule has 0 amide bonds. The molecule has 0 aliphatic carbocycles. The van der Waals surface area contributed by atoms with E-state index in [1.807, 2.05) is 0 Å². The highest BCUT2D eigenvalue weighted by Gasteiger charge is 2.09. The molecule has 0 aromatic heterocycles. The van der Waals surface area contributed by atoms with E-state index in [4.69, 9.17) is 0 Å². The van der Waals surface area contributed by atoms with Gasteiger partial charge in [-0.1, -0.05) is 12.1 Å². The van der Waals surface area contributed by atoms with Crippen LogP contribution in [0.25, 0.3) is 0 Å². The molecule has 0 bridgehead atoms. The van der Waals surface area contributed by atoms with Crippen LogP contribution in [0.15, 0.2) is 34.3 Å². The summed E-state index contributed by atoms with van der Waals surface area (Å²) in [6.07, 6.45) is 1.11. The standard InChI is InChI=1S/C8H10N2O3S/c1-9-14(12,13)8-4-2-7(3-5-8)6-10-11/h2-6,9,11H,1H3/p-1/b10-6-. The summed E-state index contributed by atoms with van der Waals surface area (Å²) >= 11 is 0. The third-order valence-corrected chi connectivity index (χ3v) is 3.09. The molecule has 14 heavy (non-hydrogen) atoms. The molecule has 0 aliphatic heterocycles. The fraction of sp³-hybridized carbons (Fsp3) is 0.125. The zero-order chi connectivity index (χ0) is 10.6. The van der Waals surface area contributed by atoms with E-state index in [2.05, 4.69) is 9.88 Å². The molecule has 5 nitrogen and oxygen atoms in total. The zero-order valence-electron chi connectivity index (χ0n) is 7.47. The number of benzene rings is 1. The van der Waals surface area contributed by atoms with E-state index in [1.54, 1.807) is 0 Å². The van der Waals surface area contributed by atoms with Crippen molar-refractivity contribution in [3.63, 3.8) is 0 Å². The molecule has 0 atom stereocenters. The van der Waals surface area contributed by atoms with Gasteiger partial charge in [0.05, 0.1) is 4.90 Å². The zero-order valence-corrected chi connectivity index (χ0v) is 8.28. The average Bonchev–Trinajstić information content (AvgIpc) is 2.19. The Balaban J connectivity index is 3.06. The van der Waals surface area contributed by atoms with Crippen molar-refractivity contribution >= 4 is 16.2 Å². The number of hydrogen-bond acceptors (Lipinski definition) is 4. The summed E-state index contributed by atoms with van der Waals surface area (Å²) in [6.45, 7) is 0. The van der Waals surface area contributed by atoms with Crippen LogP contribution in [-0.4, -0.2) is 21.7 Å². The quantitative estimate of drug-likeness (QED) is 0.586. The molecule has 6 heteroatoms. The second kappa shape index (κ2) is 4.21. The van der Waals surface area contributed by atoms with Crippen molar-refractivity contribution in [2.75, 3.05) is 7.05 Å². The Kier molecular flexibility index (Phi) is 3.21. The van der Waals surface area contributed by atoms with Crippen molar-refractivity contribution in [3.8, 4) is 0 Å². The third-order valence-electron chi connectivity index (χ3n) is 1.66. The maximum Gasteiger partial charge on any atom is 0.240 e. The highest BCUT2D eigenvalue weighted by molar-refractivity contribution is 7.89. The molecule has 0 aliphatic rings. The van der Waals surface area contributed by atoms with Gasteiger partial charge < -0.3 is 10.4 Å². The van der Waals surface area contributed by atoms with Crippen molar-refractivity contribution in [1.82, 2.24) is 4.72 Å². The van der Waals surface area contributed by atoms with E-state index in [-0.39, 0.29) is 4.90 Å². The molecule has 0 saturated carbocycles. The summed E-state index contributed by atoms with van der Waals surface area (Å²) in [4.78, 5) is 0.156. The Bertz CT molecular complexity index is 422. The first-order chi connectivity index (χ1) is 6.60. The number of nitrogens with one attached hydrogen (secondary N) is 1. The van der Waals surface area contributed by atoms with Crippen molar-refractivity contribution in [2.24, 2.45) is 5.16 Å². The Hall–Kier alpha value is -1.40. The summed E-state index contributed by atoms with van der Waals surface area (Å²) in [5.74, 6) is 0. The van der Waals surface area contributed by atoms with Crippen LogP contribution in [-0.2, 0) is 10.0 Å². The predicted octanol–water partition coefficient (Wildman–Crippen LogP) is 0.511. The molecule has 0 unspecified atom stereocenters. The monoisotopic (exact) mass is 213 g/mol. The number of rotatable bonds is 3. The van der Waals surface area contributed by atoms with Crippen molar-refractivity contribution in [3.05, 3.63) is 35.0 Å². The number of hydrogen-bond donors (Lipinski definition) is 1. The predicted molar refractivity (Wildman–Crippen MR) is 53.6 cm³/mol. The molecule has 76 valence electrons. The molecule has 1 aromatic carbocycles. The first-order valence-corrected chi connectivity index (χ1v) is 5.28. The lowest BCUT2D eigenvalue weighted by Gasteiger charge is -2.02. The first-order valence-electron chi connectivity index (χ1n) is 3.79. The Labute approximate surface area is 82.1 Å². The molecule has 0 saturated heterocycles. The van der Waals surface area contributed by atoms with Gasteiger partial charge in [0.15, 0.2) is 0 Å². The molecule has 0 radical (unpaired) electrons. The van der Waals surface area contributed by atoms with Crippen molar-refractivity contribution < 1.29 is 8.42 Å². The van der Waals surface area contributed by atoms with Gasteiger partial charge in [-0.15, -0.1) is 0 Å². The molecule has 1 aromatic rings. The van der Waals surface area contributed by atoms with Gasteiger partial charge in [-0.25, -0.2) is 13.1 Å². The lowest BCUT2D eigenvalue weighted by Crippen LogP contribution is -2.18. The van der Waals surface area contributed by atoms with Crippen molar-refractivity contribution in [1.29, 1.82) is 0 Å². The second-order valence-electron chi connectivity index (χ2n) is 2.51. The molecular formula is C8H9N2O3S-. The van der Waals surface area contributed by atoms with E-state index in [0.717, 1.165) is 6.21 Å². The van der Waals surface area contributed by atoms with Gasteiger partial charge in [-0.3, -0.25) is 0 Å². The summed E-state index contributed by atoms with van der Waals surface area (Å²) in [7, 11) is -2.07. The summed E-state index contributed by atoms with van der Waals surface area (Å²) in [5, 5.41) is 12.5. The lowest BCUT2D eigenvalue weighted by molar-refractivity contribution is 0.588. The van der Waals surface area contributed by atoms with Gasteiger partial charge in [0.2, 0.25) is 10.0 Å². The van der Waals surface area contributed by atoms with E-state index in [0.29, 0.717) is 5.56 Å². The fourth-order valence-corrected chi connectivity index (χ4v) is 1.64. The van der Waals surface area contributed by atoms with Crippen LogP contribution in [0.2, 0.25) is 0 Å². The SMILES string of the molecule is CNS(=O)(=O)c1ccc(/C=N\[O-])cc1. The maximum atomic E-state index is 11.3. The summed E-state index contributed by atoms with van der Waals surface area (Å²) in [5.41, 5.74) is 0.565. The normalized spacial score (nSPS) is 12.1. The first kappa shape index (κ1) is 10.7. The Morgan fingerprint density at radius 2 is 1.93 bits per heavy atom. The van der Waals surface area contributed by atoms with E-state index in [1.165, 1.54) is 31.3 Å². The van der Waals surface area contributed by atoms with Crippen LogP contribution in [0, 0.1) is 5.21 Å². The fourth-order valence-electron chi connectivity index (χ4n) is 0.912. The molecular weight excluding hydrogens is 204 g/mol. The highest BCUT2D eigenvalue weighted by Crippen LogP contribution is 2.08. The van der Waals surface area contributed by atoms with Crippen LogP contribution in [0.3, 0.4) is 0 Å². The van der Waals surface area contributed by atoms with Gasteiger partial charge in [0.25, 0.3) is 0 Å². The van der Waals surface area contributed by atoms with Crippen LogP contribution < -0.4 is 4.72 Å². The van der Waals surface area contributed by atoms with Crippen LogP contribution >= 0.6 is 0 Å². The largest absolute Gasteiger partial charge is 0.792 e. The highest BCUT2D eigenvalue weighted by atomic mass is 32.2. The molecule has 1 rings (SSSR count).